The maximum atomic E-state index is 14.1. The van der Waals surface area contributed by atoms with Crippen LogP contribution in [0.1, 0.15) is 23.2 Å². The summed E-state index contributed by atoms with van der Waals surface area (Å²) in [4.78, 5) is 8.92. The third-order valence-corrected chi connectivity index (χ3v) is 6.56. The average molecular weight is 472 g/mol. The van der Waals surface area contributed by atoms with E-state index in [1.807, 2.05) is 19.1 Å². The normalized spacial score (nSPS) is 22.5. The van der Waals surface area contributed by atoms with Crippen LogP contribution in [-0.2, 0) is 25.6 Å². The molecule has 2 fully saturated rings. The Morgan fingerprint density at radius 3 is 2.88 bits per heavy atom. The second kappa shape index (κ2) is 8.62. The van der Waals surface area contributed by atoms with Crippen molar-refractivity contribution in [1.29, 1.82) is 0 Å². The van der Waals surface area contributed by atoms with E-state index in [9.17, 15) is 8.60 Å². The maximum absolute atomic E-state index is 14.1. The van der Waals surface area contributed by atoms with Gasteiger partial charge >= 0.3 is 0 Å². The fourth-order valence-corrected chi connectivity index (χ4v) is 5.16. The molecule has 0 unspecified atom stereocenters. The molecule has 33 heavy (non-hydrogen) atoms. The highest BCUT2D eigenvalue weighted by Crippen LogP contribution is 2.33. The number of hydrogen-bond donors (Lipinski definition) is 0. The third-order valence-electron chi connectivity index (χ3n) is 5.91. The Hall–Kier alpha value is -2.62. The van der Waals surface area contributed by atoms with Crippen molar-refractivity contribution in [3.63, 3.8) is 0 Å². The number of aromatic nitrogens is 2. The van der Waals surface area contributed by atoms with Crippen molar-refractivity contribution >= 4 is 26.3 Å². The van der Waals surface area contributed by atoms with E-state index in [-0.39, 0.29) is 24.1 Å². The Morgan fingerprint density at radius 1 is 1.21 bits per heavy atom. The van der Waals surface area contributed by atoms with Crippen LogP contribution in [-0.4, -0.2) is 58.2 Å². The van der Waals surface area contributed by atoms with Gasteiger partial charge in [0.15, 0.2) is 6.10 Å². The fourth-order valence-electron chi connectivity index (χ4n) is 4.55. The largest absolute Gasteiger partial charge is 0.485 e. The molecule has 3 aromatic rings. The molecule has 2 aromatic carbocycles. The van der Waals surface area contributed by atoms with Crippen LogP contribution in [0.15, 0.2) is 41.0 Å². The molecule has 5 rings (SSSR count). The predicted octanol–water partition coefficient (Wildman–Crippen LogP) is 3.96. The van der Waals surface area contributed by atoms with Gasteiger partial charge in [0.05, 0.1) is 29.6 Å². The van der Waals surface area contributed by atoms with Gasteiger partial charge in [-0.25, -0.2) is 18.6 Å². The number of hydrogen-bond acceptors (Lipinski definition) is 7. The van der Waals surface area contributed by atoms with Crippen molar-refractivity contribution < 1.29 is 22.8 Å². The summed E-state index contributed by atoms with van der Waals surface area (Å²) in [6, 6.07) is 8.26. The van der Waals surface area contributed by atoms with Crippen molar-refractivity contribution in [2.24, 2.45) is 4.36 Å². The smallest absolute Gasteiger partial charge is 0.150 e. The van der Waals surface area contributed by atoms with Gasteiger partial charge in [-0.15, -0.1) is 0 Å². The minimum Gasteiger partial charge on any atom is -0.485 e. The lowest BCUT2D eigenvalue weighted by atomic mass is 10.0. The molecule has 0 aliphatic carbocycles. The highest BCUT2D eigenvalue weighted by molar-refractivity contribution is 7.92. The molecule has 0 saturated carbocycles. The molecule has 0 N–H and O–H groups in total. The number of halogens is 1. The number of aryl methyl sites for hydroxylation is 1. The van der Waals surface area contributed by atoms with Crippen molar-refractivity contribution in [2.45, 2.75) is 38.1 Å². The molecule has 0 radical (unpaired) electrons. The molecule has 1 aromatic heterocycles. The van der Waals surface area contributed by atoms with Crippen LogP contribution in [0.25, 0.3) is 10.9 Å². The van der Waals surface area contributed by atoms with E-state index in [2.05, 4.69) is 14.3 Å². The molecule has 3 atom stereocenters. The summed E-state index contributed by atoms with van der Waals surface area (Å²) >= 11 is 0. The Kier molecular flexibility index (Phi) is 5.80. The quantitative estimate of drug-likeness (QED) is 0.560. The predicted molar refractivity (Wildman–Crippen MR) is 124 cm³/mol. The topological polar surface area (TPSA) is 82.9 Å². The molecule has 0 spiro atoms. The van der Waals surface area contributed by atoms with E-state index < -0.39 is 9.73 Å². The van der Waals surface area contributed by atoms with Crippen LogP contribution in [0, 0.1) is 12.7 Å². The van der Waals surface area contributed by atoms with E-state index in [0.29, 0.717) is 31.1 Å². The minimum absolute atomic E-state index is 0.0426. The summed E-state index contributed by atoms with van der Waals surface area (Å²) in [5.74, 6) is 0.0988. The minimum atomic E-state index is -2.29. The summed E-state index contributed by atoms with van der Waals surface area (Å²) in [6.45, 7) is 3.03. The van der Waals surface area contributed by atoms with Crippen LogP contribution in [0.2, 0.25) is 0 Å². The molecule has 174 valence electrons. The van der Waals surface area contributed by atoms with E-state index in [0.717, 1.165) is 34.1 Å². The van der Waals surface area contributed by atoms with Gasteiger partial charge in [-0.05, 0) is 37.1 Å². The summed E-state index contributed by atoms with van der Waals surface area (Å²) in [5.41, 5.74) is 3.89. The average Bonchev–Trinajstić information content (AvgIpc) is 3.34. The number of ether oxygens (including phenoxy) is 3. The number of benzene rings is 2. The Labute approximate surface area is 192 Å². The summed E-state index contributed by atoms with van der Waals surface area (Å²) in [7, 11) is -2.29. The summed E-state index contributed by atoms with van der Waals surface area (Å²) < 4.78 is 48.3. The molecule has 0 bridgehead atoms. The van der Waals surface area contributed by atoms with Crippen molar-refractivity contribution in [3.05, 3.63) is 59.3 Å². The zero-order valence-corrected chi connectivity index (χ0v) is 19.6. The van der Waals surface area contributed by atoms with Crippen LogP contribution >= 0.6 is 0 Å². The highest BCUT2D eigenvalue weighted by atomic mass is 32.2. The van der Waals surface area contributed by atoms with Crippen molar-refractivity contribution in [3.8, 4) is 5.75 Å². The van der Waals surface area contributed by atoms with Gasteiger partial charge in [0.2, 0.25) is 0 Å². The lowest BCUT2D eigenvalue weighted by Gasteiger charge is -2.20. The van der Waals surface area contributed by atoms with Gasteiger partial charge < -0.3 is 14.2 Å². The Bertz CT molecular complexity index is 1330. The van der Waals surface area contributed by atoms with Crippen LogP contribution in [0.5, 0.6) is 5.75 Å². The number of rotatable bonds is 5. The van der Waals surface area contributed by atoms with Crippen molar-refractivity contribution in [2.75, 3.05) is 25.7 Å². The molecular weight excluding hydrogens is 445 g/mol. The van der Waals surface area contributed by atoms with E-state index in [1.54, 1.807) is 18.6 Å². The standard InChI is InChI=1S/C24H26FN3O4S/c1-14-8-17(28-33(2,3)29)11-19-23(14)18(26-13-27-19)9-15-4-5-16(25)10-21(15)32-22-12-31-20-6-7-30-24(20)22/h4-5,8,10-11,13,20,22,24H,6-7,9,12H2,1-3H3/t20-,22-,24+/m1/s1. The monoisotopic (exact) mass is 471 g/mol. The number of nitrogens with zero attached hydrogens (tertiary/aromatic N) is 3. The fraction of sp³-hybridized carbons (Fsp3) is 0.417. The van der Waals surface area contributed by atoms with Crippen molar-refractivity contribution in [1.82, 2.24) is 9.97 Å². The molecule has 3 heterocycles. The van der Waals surface area contributed by atoms with Crippen LogP contribution in [0.4, 0.5) is 10.1 Å². The first-order valence-corrected chi connectivity index (χ1v) is 13.2. The SMILES string of the molecule is Cc1cc(N=S(C)(C)=O)cc2ncnc(Cc3ccc(F)cc3O[C@@H]3CO[C@@H]4CCO[C@@H]43)c12. The lowest BCUT2D eigenvalue weighted by molar-refractivity contribution is 0.0304. The van der Waals surface area contributed by atoms with Gasteiger partial charge in [-0.1, -0.05) is 6.07 Å². The molecule has 0 amide bonds. The molecule has 7 nitrogen and oxygen atoms in total. The zero-order chi connectivity index (χ0) is 23.2. The third kappa shape index (κ3) is 4.71. The molecule has 2 aliphatic rings. The first kappa shape index (κ1) is 22.2. The van der Waals surface area contributed by atoms with Gasteiger partial charge in [-0.2, -0.15) is 4.36 Å². The maximum Gasteiger partial charge on any atom is 0.150 e. The lowest BCUT2D eigenvalue weighted by Crippen LogP contribution is -2.32. The van der Waals surface area contributed by atoms with Crippen LogP contribution < -0.4 is 4.74 Å². The van der Waals surface area contributed by atoms with E-state index in [4.69, 9.17) is 14.2 Å². The second-order valence-corrected chi connectivity index (χ2v) is 11.4. The van der Waals surface area contributed by atoms with E-state index in [1.165, 1.54) is 18.5 Å². The first-order chi connectivity index (χ1) is 15.8. The molecule has 2 saturated heterocycles. The van der Waals surface area contributed by atoms with Gasteiger partial charge in [0.25, 0.3) is 0 Å². The molecule has 2 aliphatic heterocycles. The van der Waals surface area contributed by atoms with E-state index >= 15 is 0 Å². The Balaban J connectivity index is 1.49. The summed E-state index contributed by atoms with van der Waals surface area (Å²) in [5, 5.41) is 0.897. The highest BCUT2D eigenvalue weighted by Gasteiger charge is 2.43. The van der Waals surface area contributed by atoms with Gasteiger partial charge in [-0.3, -0.25) is 0 Å². The van der Waals surface area contributed by atoms with Crippen LogP contribution in [0.3, 0.4) is 0 Å². The molecule has 9 heteroatoms. The molecular formula is C24H26FN3O4S. The first-order valence-electron chi connectivity index (χ1n) is 10.9. The number of fused-ring (bicyclic) bond motifs is 2. The summed E-state index contributed by atoms with van der Waals surface area (Å²) in [6.07, 6.45) is 5.63. The van der Waals surface area contributed by atoms with Gasteiger partial charge in [0.1, 0.15) is 24.0 Å². The Morgan fingerprint density at radius 2 is 2.06 bits per heavy atom. The second-order valence-electron chi connectivity index (χ2n) is 8.83. The zero-order valence-electron chi connectivity index (χ0n) is 18.8. The van der Waals surface area contributed by atoms with Gasteiger partial charge in [0, 0.05) is 52.3 Å².